The zero-order valence-electron chi connectivity index (χ0n) is 43.8. The maximum atomic E-state index is 17.0. The number of benzene rings is 2. The predicted octanol–water partition coefficient (Wildman–Crippen LogP) is 9.33. The molecule has 2 aromatic heterocycles. The lowest BCUT2D eigenvalue weighted by atomic mass is 9.82. The molecule has 11 rings (SSSR count). The van der Waals surface area contributed by atoms with E-state index in [0.717, 1.165) is 94.7 Å². The van der Waals surface area contributed by atoms with E-state index < -0.39 is 41.9 Å². The molecule has 7 aliphatic rings. The van der Waals surface area contributed by atoms with Crippen LogP contribution in [0.2, 0.25) is 0 Å². The number of thiazole rings is 1. The number of aryl methyl sites for hydroxylation is 2. The molecule has 4 amide bonds. The van der Waals surface area contributed by atoms with Crippen LogP contribution in [0.25, 0.3) is 33.3 Å². The van der Waals surface area contributed by atoms with E-state index in [0.29, 0.717) is 68.0 Å². The number of rotatable bonds is 11. The van der Waals surface area contributed by atoms with Gasteiger partial charge in [0.2, 0.25) is 18.0 Å². The number of fused-ring (bicyclic) bond motifs is 6. The van der Waals surface area contributed by atoms with E-state index in [9.17, 15) is 19.2 Å². The number of hydrogen-bond donors (Lipinski definition) is 2. The summed E-state index contributed by atoms with van der Waals surface area (Å²) in [4.78, 5) is 73.0. The van der Waals surface area contributed by atoms with Crippen molar-refractivity contribution in [1.29, 1.82) is 0 Å². The van der Waals surface area contributed by atoms with E-state index in [1.807, 2.05) is 55.8 Å². The minimum absolute atomic E-state index is 0. The number of nitrogens with zero attached hydrogens (tertiary/aromatic N) is 6. The first-order chi connectivity index (χ1) is 35.2. The van der Waals surface area contributed by atoms with Crippen LogP contribution in [0.4, 0.5) is 14.0 Å². The lowest BCUT2D eigenvalue weighted by Crippen LogP contribution is -2.56. The topological polar surface area (TPSA) is 178 Å². The van der Waals surface area contributed by atoms with Gasteiger partial charge in [-0.1, -0.05) is 19.9 Å². The molecule has 6 atom stereocenters. The van der Waals surface area contributed by atoms with Crippen molar-refractivity contribution in [3.05, 3.63) is 81.3 Å². The number of halogens is 1. The van der Waals surface area contributed by atoms with Gasteiger partial charge in [0.25, 0.3) is 0 Å². The molecule has 6 aliphatic heterocycles. The summed E-state index contributed by atoms with van der Waals surface area (Å²) in [6, 6.07) is 9.84. The molecule has 3 saturated heterocycles. The first-order valence-electron chi connectivity index (χ1n) is 25.8. The smallest absolute Gasteiger partial charge is 0.407 e. The summed E-state index contributed by atoms with van der Waals surface area (Å²) in [5.41, 5.74) is 7.84. The van der Waals surface area contributed by atoms with Crippen LogP contribution in [0.3, 0.4) is 0 Å². The molecule has 408 valence electrons. The Labute approximate surface area is 467 Å². The van der Waals surface area contributed by atoms with Crippen LogP contribution in [0.1, 0.15) is 118 Å². The highest BCUT2D eigenvalue weighted by atomic mass is 32.1. The van der Waals surface area contributed by atoms with Gasteiger partial charge in [0.1, 0.15) is 23.7 Å². The number of carbonyl (C=O) groups is 4. The van der Waals surface area contributed by atoms with Crippen LogP contribution in [-0.2, 0) is 36.6 Å². The number of alkyl carbamates (subject to hydrolysis) is 2. The number of carbonyl (C=O) groups excluding carboxylic acids is 4. The second kappa shape index (κ2) is 22.9. The van der Waals surface area contributed by atoms with Crippen molar-refractivity contribution in [2.45, 2.75) is 134 Å². The standard InChI is InChI=1S/C55H63FN8O8S.3H2S/c1-29(2)47(60-53(67)69-5)50(65)62-17-8-11-41(62)39-23-35(28-58-39)32-21-36(56)46-43-24-33-20-30(14-15-40(33)64(43)52(72-44(46)25-32)49-59-37-10-7-13-45(37)73-49)34-22-38(57-27-34)42-12-9-18-63(42)51(66)48(61-54(68)70-6)31-16-19-71-55(3,4)26-31;;;/h14-15,20-21,24-25,27-29,31,41-42,47-48,52H,7-13,16-19,22-23,26H2,1-6H3,(H,60,67)(H,61,68);3*1H2/t31?,41-,42-,47-,48?,52?;;;/m0.../s1. The van der Waals surface area contributed by atoms with Crippen LogP contribution >= 0.6 is 51.8 Å². The van der Waals surface area contributed by atoms with Crippen molar-refractivity contribution in [3.8, 4) is 17.0 Å². The number of nitrogens with one attached hydrogen (secondary N) is 2. The van der Waals surface area contributed by atoms with E-state index in [1.54, 1.807) is 23.6 Å². The van der Waals surface area contributed by atoms with E-state index in [4.69, 9.17) is 33.9 Å². The minimum atomic E-state index is -0.746. The third-order valence-electron chi connectivity index (χ3n) is 15.9. The van der Waals surface area contributed by atoms with Crippen LogP contribution < -0.4 is 15.4 Å². The third kappa shape index (κ3) is 10.7. The van der Waals surface area contributed by atoms with Crippen LogP contribution in [0, 0.1) is 17.7 Å². The number of methoxy groups -OCH3 is 2. The molecule has 1 aliphatic carbocycles. The van der Waals surface area contributed by atoms with Gasteiger partial charge >= 0.3 is 12.2 Å². The van der Waals surface area contributed by atoms with Crippen molar-refractivity contribution in [2.24, 2.45) is 21.8 Å². The number of hydrogen-bond acceptors (Lipinski definition) is 12. The van der Waals surface area contributed by atoms with E-state index >= 15 is 4.39 Å². The molecule has 2 N–H and O–H groups in total. The summed E-state index contributed by atoms with van der Waals surface area (Å²) in [7, 11) is 2.59. The quantitative estimate of drug-likeness (QED) is 0.148. The Hall–Kier alpha value is -5.35. The van der Waals surface area contributed by atoms with Crippen LogP contribution in [0.5, 0.6) is 5.75 Å². The molecular weight excluding hydrogens is 1050 g/mol. The zero-order chi connectivity index (χ0) is 50.9. The van der Waals surface area contributed by atoms with Crippen molar-refractivity contribution in [1.82, 2.24) is 30.0 Å². The van der Waals surface area contributed by atoms with Gasteiger partial charge in [0, 0.05) is 66.6 Å². The van der Waals surface area contributed by atoms with Gasteiger partial charge < -0.3 is 39.4 Å². The average Bonchev–Trinajstić information content (AvgIpc) is 4.23. The number of aromatic nitrogens is 2. The molecule has 0 bridgehead atoms. The Bertz CT molecular complexity index is 3040. The molecule has 4 aromatic rings. The summed E-state index contributed by atoms with van der Waals surface area (Å²) in [5.74, 6) is -0.561. The third-order valence-corrected chi connectivity index (χ3v) is 17.1. The largest absolute Gasteiger partial charge is 0.462 e. The van der Waals surface area contributed by atoms with Crippen LogP contribution in [-0.4, -0.2) is 118 Å². The molecule has 0 spiro atoms. The number of ether oxygens (including phenoxy) is 4. The van der Waals surface area contributed by atoms with Crippen molar-refractivity contribution < 1.29 is 42.5 Å². The van der Waals surface area contributed by atoms with Gasteiger partial charge in [0.05, 0.1) is 54.4 Å². The van der Waals surface area contributed by atoms with E-state index in [1.165, 1.54) is 19.1 Å². The molecule has 16 nitrogen and oxygen atoms in total. The lowest BCUT2D eigenvalue weighted by molar-refractivity contribution is -0.138. The second-order valence-corrected chi connectivity index (χ2v) is 22.5. The molecular formula is C55H69FN8O8S4. The first-order valence-corrected chi connectivity index (χ1v) is 26.6. The van der Waals surface area contributed by atoms with Crippen molar-refractivity contribution in [2.75, 3.05) is 33.9 Å². The molecule has 2 aromatic carbocycles. The Morgan fingerprint density at radius 3 is 2.12 bits per heavy atom. The molecule has 0 saturated carbocycles. The highest BCUT2D eigenvalue weighted by molar-refractivity contribution is 7.59. The van der Waals surface area contributed by atoms with Gasteiger partial charge in [0.15, 0.2) is 5.01 Å². The summed E-state index contributed by atoms with van der Waals surface area (Å²) >= 11 is 1.66. The fourth-order valence-corrected chi connectivity index (χ4v) is 13.4. The Morgan fingerprint density at radius 2 is 1.47 bits per heavy atom. The summed E-state index contributed by atoms with van der Waals surface area (Å²) < 4.78 is 41.8. The van der Waals surface area contributed by atoms with Gasteiger partial charge in [-0.05, 0) is 136 Å². The normalized spacial score (nSPS) is 22.8. The predicted molar refractivity (Wildman–Crippen MR) is 307 cm³/mol. The summed E-state index contributed by atoms with van der Waals surface area (Å²) in [6.07, 6.45) is 10.1. The van der Waals surface area contributed by atoms with Gasteiger partial charge in [-0.25, -0.2) is 19.0 Å². The van der Waals surface area contributed by atoms with Gasteiger partial charge in [-0.15, -0.1) is 11.3 Å². The summed E-state index contributed by atoms with van der Waals surface area (Å²) in [5, 5.41) is 7.33. The van der Waals surface area contributed by atoms with E-state index in [-0.39, 0.29) is 76.2 Å². The fourth-order valence-electron chi connectivity index (χ4n) is 12.2. The molecule has 0 radical (unpaired) electrons. The number of aliphatic imine (C=N–C) groups is 2. The highest BCUT2D eigenvalue weighted by Crippen LogP contribution is 2.49. The van der Waals surface area contributed by atoms with E-state index in [2.05, 4.69) is 33.4 Å². The van der Waals surface area contributed by atoms with Gasteiger partial charge in [-0.2, -0.15) is 40.5 Å². The molecule has 3 fully saturated rings. The monoisotopic (exact) mass is 1120 g/mol. The lowest BCUT2D eigenvalue weighted by Gasteiger charge is -2.40. The first kappa shape index (κ1) is 56.8. The van der Waals surface area contributed by atoms with Crippen LogP contribution in [0.15, 0.2) is 58.8 Å². The number of likely N-dealkylation sites (tertiary alicyclic amines) is 2. The maximum absolute atomic E-state index is 17.0. The van der Waals surface area contributed by atoms with Gasteiger partial charge in [-0.3, -0.25) is 24.1 Å². The second-order valence-electron chi connectivity index (χ2n) is 21.4. The average molecular weight is 1120 g/mol. The Kier molecular flexibility index (Phi) is 17.1. The summed E-state index contributed by atoms with van der Waals surface area (Å²) in [6.45, 7) is 9.44. The number of amides is 4. The fraction of sp³-hybridized carbons (Fsp3) is 0.509. The Morgan fingerprint density at radius 1 is 0.816 bits per heavy atom. The Balaban J connectivity index is 0.00000255. The van der Waals surface area contributed by atoms with Crippen molar-refractivity contribution in [3.63, 3.8) is 0 Å². The molecule has 21 heteroatoms. The molecule has 3 unspecified atom stereocenters. The van der Waals surface area contributed by atoms with Crippen molar-refractivity contribution >= 4 is 109 Å². The molecule has 8 heterocycles. The molecule has 76 heavy (non-hydrogen) atoms. The maximum Gasteiger partial charge on any atom is 0.407 e. The SMILES string of the molecule is COC(=O)NC(C(=O)N1CCC[C@H]1C1=NC=C(c2ccc3c(c2)cc2n3C(c3nc4c(s3)CCC4)Oc3cc(C4=CN=C([C@@H]5CCCN5C(=O)[C@@H](NC(=O)OC)C(C)C)C4)cc(F)c3-2)C1)C1CCOC(C)(C)C1.S.S.S. The minimum Gasteiger partial charge on any atom is -0.462 e. The highest BCUT2D eigenvalue weighted by Gasteiger charge is 2.44. The number of allylic oxidation sites excluding steroid dienone is 2. The zero-order valence-corrected chi connectivity index (χ0v) is 47.6.